The van der Waals surface area contributed by atoms with E-state index >= 15 is 0 Å². The van der Waals surface area contributed by atoms with Gasteiger partial charge in [-0.15, -0.1) is 0 Å². The van der Waals surface area contributed by atoms with E-state index in [1.165, 1.54) is 10.9 Å². The molecular weight excluding hydrogens is 442 g/mol. The normalized spacial score (nSPS) is 11.1. The van der Waals surface area contributed by atoms with Gasteiger partial charge in [-0.2, -0.15) is 9.78 Å². The monoisotopic (exact) mass is 459 g/mol. The molecule has 0 aliphatic heterocycles. The molecule has 0 aliphatic carbocycles. The van der Waals surface area contributed by atoms with Crippen LogP contribution in [0.15, 0.2) is 50.8 Å². The summed E-state index contributed by atoms with van der Waals surface area (Å²) in [6.45, 7) is 3.42. The number of benzene rings is 2. The molecule has 2 aromatic carbocycles. The van der Waals surface area contributed by atoms with Crippen LogP contribution in [-0.4, -0.2) is 40.2 Å². The van der Waals surface area contributed by atoms with Crippen molar-refractivity contribution in [1.29, 1.82) is 0 Å². The van der Waals surface area contributed by atoms with Crippen LogP contribution >= 0.6 is 15.9 Å². The summed E-state index contributed by atoms with van der Waals surface area (Å²) in [6, 6.07) is 10.2. The molecule has 0 saturated heterocycles. The number of halogens is 1. The minimum atomic E-state index is -1.08. The van der Waals surface area contributed by atoms with Crippen LogP contribution in [0.2, 0.25) is 0 Å². The summed E-state index contributed by atoms with van der Waals surface area (Å²) in [5, 5.41) is 13.5. The van der Waals surface area contributed by atoms with Crippen LogP contribution in [0.4, 0.5) is 0 Å². The minimum absolute atomic E-state index is 0.281. The lowest BCUT2D eigenvalue weighted by Crippen LogP contribution is -2.20. The van der Waals surface area contributed by atoms with Crippen molar-refractivity contribution in [2.24, 2.45) is 5.10 Å². The van der Waals surface area contributed by atoms with Gasteiger partial charge in [0.15, 0.2) is 18.1 Å². The number of carboxylic acid groups (broad SMARTS) is 1. The number of nitrogens with zero attached hydrogens (tertiary/aromatic N) is 3. The number of hydrogen-bond donors (Lipinski definition) is 1. The number of ether oxygens (including phenoxy) is 2. The van der Waals surface area contributed by atoms with Crippen LogP contribution in [0, 0.1) is 6.92 Å². The number of carbonyl (C=O) groups is 1. The highest BCUT2D eigenvalue weighted by atomic mass is 79.9. The molecule has 0 fully saturated rings. The van der Waals surface area contributed by atoms with E-state index in [9.17, 15) is 9.59 Å². The highest BCUT2D eigenvalue weighted by Crippen LogP contribution is 2.28. The summed E-state index contributed by atoms with van der Waals surface area (Å²) in [5.74, 6) is 0.0789. The fraction of sp³-hybridized carbons (Fsp3) is 0.200. The van der Waals surface area contributed by atoms with Crippen LogP contribution in [0.5, 0.6) is 11.5 Å². The molecule has 150 valence electrons. The molecule has 29 heavy (non-hydrogen) atoms. The second-order valence-corrected chi connectivity index (χ2v) is 6.92. The fourth-order valence-electron chi connectivity index (χ4n) is 2.65. The fourth-order valence-corrected chi connectivity index (χ4v) is 3.01. The molecular formula is C20H18BrN3O5. The van der Waals surface area contributed by atoms with Crippen LogP contribution in [-0.2, 0) is 4.79 Å². The largest absolute Gasteiger partial charge is 0.490 e. The molecule has 9 heteroatoms. The first-order valence-electron chi connectivity index (χ1n) is 8.73. The van der Waals surface area contributed by atoms with Crippen molar-refractivity contribution < 1.29 is 19.4 Å². The predicted octanol–water partition coefficient (Wildman–Crippen LogP) is 3.21. The van der Waals surface area contributed by atoms with Gasteiger partial charge in [0, 0.05) is 4.47 Å². The minimum Gasteiger partial charge on any atom is -0.490 e. The van der Waals surface area contributed by atoms with E-state index < -0.39 is 12.6 Å². The van der Waals surface area contributed by atoms with Gasteiger partial charge in [-0.1, -0.05) is 15.9 Å². The first-order chi connectivity index (χ1) is 13.9. The molecule has 0 atom stereocenters. The first kappa shape index (κ1) is 20.5. The Kier molecular flexibility index (Phi) is 6.28. The third-order valence-electron chi connectivity index (χ3n) is 3.91. The number of aliphatic carboxylic acids is 1. The third kappa shape index (κ3) is 4.80. The van der Waals surface area contributed by atoms with Crippen molar-refractivity contribution in [3.8, 4) is 11.5 Å². The van der Waals surface area contributed by atoms with E-state index in [0.717, 1.165) is 4.47 Å². The lowest BCUT2D eigenvalue weighted by atomic mass is 10.2. The lowest BCUT2D eigenvalue weighted by Gasteiger charge is -2.11. The van der Waals surface area contributed by atoms with Crippen LogP contribution in [0.1, 0.15) is 18.3 Å². The molecule has 8 nitrogen and oxygen atoms in total. The van der Waals surface area contributed by atoms with E-state index in [1.54, 1.807) is 37.3 Å². The van der Waals surface area contributed by atoms with E-state index in [0.29, 0.717) is 40.4 Å². The molecule has 3 aromatic rings. The van der Waals surface area contributed by atoms with Crippen molar-refractivity contribution in [2.75, 3.05) is 13.2 Å². The van der Waals surface area contributed by atoms with Crippen LogP contribution in [0.25, 0.3) is 10.9 Å². The van der Waals surface area contributed by atoms with E-state index in [4.69, 9.17) is 14.6 Å². The maximum absolute atomic E-state index is 12.8. The van der Waals surface area contributed by atoms with Crippen molar-refractivity contribution in [2.45, 2.75) is 13.8 Å². The van der Waals surface area contributed by atoms with Gasteiger partial charge in [0.05, 0.1) is 23.7 Å². The Morgan fingerprint density at radius 2 is 2.03 bits per heavy atom. The summed E-state index contributed by atoms with van der Waals surface area (Å²) in [6.07, 6.45) is 1.50. The Bertz CT molecular complexity index is 1160. The zero-order valence-corrected chi connectivity index (χ0v) is 17.3. The van der Waals surface area contributed by atoms with Crippen molar-refractivity contribution in [3.05, 3.63) is 62.6 Å². The summed E-state index contributed by atoms with van der Waals surface area (Å²) in [7, 11) is 0. The molecule has 0 unspecified atom stereocenters. The van der Waals surface area contributed by atoms with Gasteiger partial charge in [0.1, 0.15) is 5.82 Å². The lowest BCUT2D eigenvalue weighted by molar-refractivity contribution is -0.139. The van der Waals surface area contributed by atoms with Crippen LogP contribution < -0.4 is 15.0 Å². The van der Waals surface area contributed by atoms with Gasteiger partial charge < -0.3 is 14.6 Å². The predicted molar refractivity (Wildman–Crippen MR) is 112 cm³/mol. The number of carboxylic acids is 1. The molecule has 0 radical (unpaired) electrons. The quantitative estimate of drug-likeness (QED) is 0.544. The first-order valence-corrected chi connectivity index (χ1v) is 9.53. The van der Waals surface area contributed by atoms with Crippen molar-refractivity contribution in [1.82, 2.24) is 9.66 Å². The van der Waals surface area contributed by atoms with Crippen molar-refractivity contribution >= 4 is 39.0 Å². The highest BCUT2D eigenvalue weighted by Gasteiger charge is 2.10. The molecule has 0 bridgehead atoms. The molecule has 3 rings (SSSR count). The van der Waals surface area contributed by atoms with Gasteiger partial charge >= 0.3 is 5.97 Å². The van der Waals surface area contributed by atoms with Gasteiger partial charge in [0.2, 0.25) is 0 Å². The number of rotatable bonds is 7. The van der Waals surface area contributed by atoms with Gasteiger partial charge in [-0.05, 0) is 55.8 Å². The Balaban J connectivity index is 1.96. The summed E-state index contributed by atoms with van der Waals surface area (Å²) in [4.78, 5) is 27.9. The van der Waals surface area contributed by atoms with Gasteiger partial charge in [-0.25, -0.2) is 9.78 Å². The second-order valence-electron chi connectivity index (χ2n) is 6.00. The van der Waals surface area contributed by atoms with E-state index in [2.05, 4.69) is 26.0 Å². The van der Waals surface area contributed by atoms with E-state index in [-0.39, 0.29) is 5.56 Å². The zero-order valence-electron chi connectivity index (χ0n) is 15.8. The van der Waals surface area contributed by atoms with Crippen LogP contribution in [0.3, 0.4) is 0 Å². The highest BCUT2D eigenvalue weighted by molar-refractivity contribution is 9.10. The summed E-state index contributed by atoms with van der Waals surface area (Å²) >= 11 is 3.36. The standard InChI is InChI=1S/C20H18BrN3O5/c1-3-28-18-8-13(4-7-17(18)29-11-19(25)26)10-22-24-12(2)23-16-6-5-14(21)9-15(16)20(24)27/h4-10H,3,11H2,1-2H3,(H,25,26). The average Bonchev–Trinajstić information content (AvgIpc) is 2.68. The second kappa shape index (κ2) is 8.87. The molecule has 1 N–H and O–H groups in total. The summed E-state index contributed by atoms with van der Waals surface area (Å²) < 4.78 is 12.7. The Hall–Kier alpha value is -3.20. The maximum atomic E-state index is 12.8. The molecule has 0 saturated carbocycles. The molecule has 0 amide bonds. The Morgan fingerprint density at radius 1 is 1.24 bits per heavy atom. The Morgan fingerprint density at radius 3 is 2.76 bits per heavy atom. The zero-order chi connectivity index (χ0) is 21.0. The molecule has 0 aliphatic rings. The SMILES string of the molecule is CCOc1cc(C=Nn2c(C)nc3ccc(Br)cc3c2=O)ccc1OCC(=O)O. The third-order valence-corrected chi connectivity index (χ3v) is 4.40. The van der Waals surface area contributed by atoms with Crippen molar-refractivity contribution in [3.63, 3.8) is 0 Å². The Labute approximate surface area is 174 Å². The maximum Gasteiger partial charge on any atom is 0.341 e. The number of fused-ring (bicyclic) bond motifs is 1. The topological polar surface area (TPSA) is 103 Å². The number of hydrogen-bond acceptors (Lipinski definition) is 6. The molecule has 0 spiro atoms. The van der Waals surface area contributed by atoms with Gasteiger partial charge in [-0.3, -0.25) is 4.79 Å². The molecule has 1 aromatic heterocycles. The number of aromatic nitrogens is 2. The summed E-state index contributed by atoms with van der Waals surface area (Å²) in [5.41, 5.74) is 0.967. The smallest absolute Gasteiger partial charge is 0.341 e. The molecule has 1 heterocycles. The van der Waals surface area contributed by atoms with Gasteiger partial charge in [0.25, 0.3) is 5.56 Å². The van der Waals surface area contributed by atoms with E-state index in [1.807, 2.05) is 13.0 Å². The average molecular weight is 460 g/mol. The number of aryl methyl sites for hydroxylation is 1.